The molecule has 2 fully saturated rings. The highest BCUT2D eigenvalue weighted by atomic mass is 19.1. The summed E-state index contributed by atoms with van der Waals surface area (Å²) in [5, 5.41) is 3.37. The van der Waals surface area contributed by atoms with Gasteiger partial charge in [-0.2, -0.15) is 0 Å². The summed E-state index contributed by atoms with van der Waals surface area (Å²) in [7, 11) is 0. The number of rotatable bonds is 3. The van der Waals surface area contributed by atoms with E-state index in [1.807, 2.05) is 0 Å². The van der Waals surface area contributed by atoms with Gasteiger partial charge in [-0.3, -0.25) is 0 Å². The van der Waals surface area contributed by atoms with Crippen molar-refractivity contribution in [2.45, 2.75) is 24.7 Å². The molecule has 2 saturated heterocycles. The number of halogens is 2. The summed E-state index contributed by atoms with van der Waals surface area (Å²) in [6.45, 7) is 3.04. The normalized spacial score (nSPS) is 25.9. The van der Waals surface area contributed by atoms with Crippen LogP contribution in [0.1, 0.15) is 24.8 Å². The van der Waals surface area contributed by atoms with E-state index in [1.165, 1.54) is 18.2 Å². The fourth-order valence-corrected chi connectivity index (χ4v) is 3.29. The molecule has 19 heavy (non-hydrogen) atoms. The van der Waals surface area contributed by atoms with Crippen molar-refractivity contribution in [1.29, 1.82) is 0 Å². The molecular weight excluding hydrogens is 248 g/mol. The van der Waals surface area contributed by atoms with E-state index in [0.717, 1.165) is 32.4 Å². The van der Waals surface area contributed by atoms with Gasteiger partial charge in [0.1, 0.15) is 11.6 Å². The number of nitrogens with one attached hydrogen (secondary N) is 1. The molecule has 1 unspecified atom stereocenters. The smallest absolute Gasteiger partial charge is 0.127 e. The molecule has 0 radical (unpaired) electrons. The zero-order chi connectivity index (χ0) is 13.3. The lowest BCUT2D eigenvalue weighted by Crippen LogP contribution is -2.50. The summed E-state index contributed by atoms with van der Waals surface area (Å²) in [6.07, 6.45) is 3.19. The zero-order valence-electron chi connectivity index (χ0n) is 10.9. The highest BCUT2D eigenvalue weighted by Crippen LogP contribution is 2.41. The Bertz CT molecular complexity index is 453. The molecule has 0 aromatic heterocycles. The second-order valence-electron chi connectivity index (χ2n) is 5.81. The largest absolute Gasteiger partial charge is 0.379 e. The molecule has 4 heteroatoms. The van der Waals surface area contributed by atoms with E-state index in [2.05, 4.69) is 5.32 Å². The molecule has 0 saturated carbocycles. The monoisotopic (exact) mass is 267 g/mol. The van der Waals surface area contributed by atoms with Crippen LogP contribution >= 0.6 is 0 Å². The maximum atomic E-state index is 14.0. The van der Waals surface area contributed by atoms with Gasteiger partial charge in [-0.05, 0) is 56.5 Å². The molecule has 104 valence electrons. The Morgan fingerprint density at radius 2 is 2.16 bits per heavy atom. The van der Waals surface area contributed by atoms with Crippen LogP contribution in [0.15, 0.2) is 18.2 Å². The van der Waals surface area contributed by atoms with Gasteiger partial charge in [0.15, 0.2) is 0 Å². The van der Waals surface area contributed by atoms with Crippen LogP contribution in [0.4, 0.5) is 8.78 Å². The quantitative estimate of drug-likeness (QED) is 0.909. The molecule has 0 aliphatic carbocycles. The Morgan fingerprint density at radius 1 is 1.32 bits per heavy atom. The van der Waals surface area contributed by atoms with Gasteiger partial charge in [-0.25, -0.2) is 8.78 Å². The van der Waals surface area contributed by atoms with E-state index in [0.29, 0.717) is 24.7 Å². The molecule has 0 spiro atoms. The van der Waals surface area contributed by atoms with Gasteiger partial charge in [0, 0.05) is 11.0 Å². The Kier molecular flexibility index (Phi) is 3.54. The molecule has 1 aromatic carbocycles. The fraction of sp³-hybridized carbons (Fsp3) is 0.600. The minimum Gasteiger partial charge on any atom is -0.379 e. The minimum absolute atomic E-state index is 0.312. The first-order valence-electron chi connectivity index (χ1n) is 6.94. The molecule has 1 N–H and O–H groups in total. The minimum atomic E-state index is -0.371. The predicted octanol–water partition coefficient (Wildman–Crippen LogP) is 2.62. The molecule has 2 aliphatic heterocycles. The summed E-state index contributed by atoms with van der Waals surface area (Å²) in [5.74, 6) is -0.154. The third-order valence-corrected chi connectivity index (χ3v) is 4.33. The predicted molar refractivity (Wildman–Crippen MR) is 69.1 cm³/mol. The molecule has 2 nitrogen and oxygen atoms in total. The van der Waals surface area contributed by atoms with Gasteiger partial charge < -0.3 is 10.1 Å². The first-order chi connectivity index (χ1) is 9.20. The van der Waals surface area contributed by atoms with E-state index in [4.69, 9.17) is 4.74 Å². The molecular formula is C15H19F2NO. The van der Waals surface area contributed by atoms with Crippen LogP contribution < -0.4 is 5.32 Å². The molecule has 2 aliphatic rings. The van der Waals surface area contributed by atoms with Crippen molar-refractivity contribution < 1.29 is 13.5 Å². The van der Waals surface area contributed by atoms with Crippen molar-refractivity contribution in [3.05, 3.63) is 35.4 Å². The van der Waals surface area contributed by atoms with Crippen LogP contribution in [0, 0.1) is 17.6 Å². The van der Waals surface area contributed by atoms with Crippen LogP contribution in [-0.4, -0.2) is 26.3 Å². The number of piperidine rings is 1. The molecule has 0 bridgehead atoms. The lowest BCUT2D eigenvalue weighted by atomic mass is 9.70. The first kappa shape index (κ1) is 13.0. The maximum Gasteiger partial charge on any atom is 0.127 e. The average Bonchev–Trinajstić information content (AvgIpc) is 2.38. The van der Waals surface area contributed by atoms with Crippen molar-refractivity contribution in [2.24, 2.45) is 5.92 Å². The molecule has 0 amide bonds. The van der Waals surface area contributed by atoms with Crippen molar-refractivity contribution >= 4 is 0 Å². The zero-order valence-corrected chi connectivity index (χ0v) is 10.9. The lowest BCUT2D eigenvalue weighted by Gasteiger charge is -2.45. The number of benzene rings is 1. The van der Waals surface area contributed by atoms with Gasteiger partial charge in [0.25, 0.3) is 0 Å². The first-order valence-corrected chi connectivity index (χ1v) is 6.94. The fourth-order valence-electron chi connectivity index (χ4n) is 3.29. The number of hydrogen-bond donors (Lipinski definition) is 1. The topological polar surface area (TPSA) is 21.3 Å². The van der Waals surface area contributed by atoms with Gasteiger partial charge in [0.05, 0.1) is 13.2 Å². The highest BCUT2D eigenvalue weighted by Gasteiger charge is 2.44. The molecule has 1 atom stereocenters. The van der Waals surface area contributed by atoms with Crippen LogP contribution in [0.25, 0.3) is 0 Å². The SMILES string of the molecule is Fc1ccc(F)c(C2(CC3CCCNC3)COC2)c1. The van der Waals surface area contributed by atoms with E-state index >= 15 is 0 Å². The van der Waals surface area contributed by atoms with Crippen LogP contribution in [0.5, 0.6) is 0 Å². The number of hydrogen-bond acceptors (Lipinski definition) is 2. The van der Waals surface area contributed by atoms with E-state index in [-0.39, 0.29) is 17.0 Å². The van der Waals surface area contributed by atoms with Crippen LogP contribution in [-0.2, 0) is 10.2 Å². The Hall–Kier alpha value is -1.00. The molecule has 1 aromatic rings. The second-order valence-corrected chi connectivity index (χ2v) is 5.81. The standard InChI is InChI=1S/C15H19F2NO/c16-12-3-4-14(17)13(6-12)15(9-19-10-15)7-11-2-1-5-18-8-11/h3-4,6,11,18H,1-2,5,7-10H2. The van der Waals surface area contributed by atoms with Crippen molar-refractivity contribution in [3.8, 4) is 0 Å². The highest BCUT2D eigenvalue weighted by molar-refractivity contribution is 5.30. The Morgan fingerprint density at radius 3 is 2.79 bits per heavy atom. The second kappa shape index (κ2) is 5.17. The van der Waals surface area contributed by atoms with Crippen molar-refractivity contribution in [1.82, 2.24) is 5.32 Å². The van der Waals surface area contributed by atoms with E-state index in [1.54, 1.807) is 0 Å². The van der Waals surface area contributed by atoms with Gasteiger partial charge in [-0.1, -0.05) is 0 Å². The maximum absolute atomic E-state index is 14.0. The van der Waals surface area contributed by atoms with Gasteiger partial charge in [0.2, 0.25) is 0 Å². The lowest BCUT2D eigenvalue weighted by molar-refractivity contribution is -0.0743. The van der Waals surface area contributed by atoms with Crippen LogP contribution in [0.3, 0.4) is 0 Å². The molecule has 2 heterocycles. The van der Waals surface area contributed by atoms with Crippen molar-refractivity contribution in [3.63, 3.8) is 0 Å². The van der Waals surface area contributed by atoms with E-state index < -0.39 is 0 Å². The van der Waals surface area contributed by atoms with Gasteiger partial charge in [-0.15, -0.1) is 0 Å². The van der Waals surface area contributed by atoms with Gasteiger partial charge >= 0.3 is 0 Å². The van der Waals surface area contributed by atoms with Crippen LogP contribution in [0.2, 0.25) is 0 Å². The third-order valence-electron chi connectivity index (χ3n) is 4.33. The summed E-state index contributed by atoms with van der Waals surface area (Å²) in [5.41, 5.74) is 0.167. The summed E-state index contributed by atoms with van der Waals surface area (Å²) < 4.78 is 32.7. The Labute approximate surface area is 112 Å². The Balaban J connectivity index is 1.83. The third kappa shape index (κ3) is 2.51. The summed E-state index contributed by atoms with van der Waals surface area (Å²) in [4.78, 5) is 0. The molecule has 3 rings (SSSR count). The average molecular weight is 267 g/mol. The summed E-state index contributed by atoms with van der Waals surface area (Å²) in [6, 6.07) is 3.74. The van der Waals surface area contributed by atoms with E-state index in [9.17, 15) is 8.78 Å². The van der Waals surface area contributed by atoms with Crippen molar-refractivity contribution in [2.75, 3.05) is 26.3 Å². The number of ether oxygens (including phenoxy) is 1. The summed E-state index contributed by atoms with van der Waals surface area (Å²) >= 11 is 0.